The molecule has 1 aliphatic heterocycles. The summed E-state index contributed by atoms with van der Waals surface area (Å²) in [4.78, 5) is 6.76. The Morgan fingerprint density at radius 3 is 2.94 bits per heavy atom. The molecule has 18 heavy (non-hydrogen) atoms. The van der Waals surface area contributed by atoms with Crippen LogP contribution in [0.15, 0.2) is 12.4 Å². The highest BCUT2D eigenvalue weighted by molar-refractivity contribution is 5.25. The van der Waals surface area contributed by atoms with Gasteiger partial charge in [0, 0.05) is 32.6 Å². The van der Waals surface area contributed by atoms with Crippen LogP contribution >= 0.6 is 0 Å². The predicted molar refractivity (Wildman–Crippen MR) is 72.8 cm³/mol. The molecule has 1 aromatic heterocycles. The summed E-state index contributed by atoms with van der Waals surface area (Å²) < 4.78 is 7.26. The monoisotopic (exact) mass is 252 g/mol. The van der Waals surface area contributed by atoms with Gasteiger partial charge in [-0.3, -0.25) is 0 Å². The van der Waals surface area contributed by atoms with Crippen molar-refractivity contribution >= 4 is 5.95 Å². The fourth-order valence-corrected chi connectivity index (χ4v) is 2.41. The smallest absolute Gasteiger partial charge is 0.202 e. The fourth-order valence-electron chi connectivity index (χ4n) is 2.41. The third-order valence-electron chi connectivity index (χ3n) is 3.60. The molecule has 1 fully saturated rings. The number of piperidine rings is 1. The van der Waals surface area contributed by atoms with Crippen molar-refractivity contribution in [3.8, 4) is 0 Å². The molecule has 102 valence electrons. The van der Waals surface area contributed by atoms with E-state index in [2.05, 4.69) is 33.0 Å². The summed E-state index contributed by atoms with van der Waals surface area (Å²) in [5, 5.41) is 3.31. The molecule has 0 bridgehead atoms. The normalized spacial score (nSPS) is 18.1. The van der Waals surface area contributed by atoms with E-state index in [9.17, 15) is 0 Å². The van der Waals surface area contributed by atoms with Gasteiger partial charge in [0.25, 0.3) is 0 Å². The van der Waals surface area contributed by atoms with Crippen LogP contribution in [0.5, 0.6) is 0 Å². The molecule has 5 nitrogen and oxygen atoms in total. The number of anilines is 1. The van der Waals surface area contributed by atoms with Gasteiger partial charge in [0.1, 0.15) is 0 Å². The van der Waals surface area contributed by atoms with Gasteiger partial charge >= 0.3 is 0 Å². The van der Waals surface area contributed by atoms with Crippen LogP contribution < -0.4 is 5.32 Å². The van der Waals surface area contributed by atoms with Crippen LogP contribution in [0.4, 0.5) is 5.95 Å². The average Bonchev–Trinajstić information content (AvgIpc) is 2.80. The number of nitrogens with zero attached hydrogens (tertiary/aromatic N) is 3. The second-order valence-corrected chi connectivity index (χ2v) is 5.07. The standard InChI is InChI=1S/C13H24N4O/c1-16-7-3-12(4-8-16)11-17-9-5-14-13(17)15-6-10-18-2/h5,9,12H,3-4,6-8,10-11H2,1-2H3,(H,14,15). The van der Waals surface area contributed by atoms with E-state index in [1.807, 2.05) is 6.20 Å². The zero-order chi connectivity index (χ0) is 12.8. The second kappa shape index (κ2) is 6.75. The molecular formula is C13H24N4O. The summed E-state index contributed by atoms with van der Waals surface area (Å²) in [6.07, 6.45) is 6.50. The SMILES string of the molecule is COCCNc1nccn1CC1CCN(C)CC1. The summed E-state index contributed by atoms with van der Waals surface area (Å²) in [5.74, 6) is 1.74. The maximum Gasteiger partial charge on any atom is 0.202 e. The number of nitrogens with one attached hydrogen (secondary N) is 1. The van der Waals surface area contributed by atoms with Crippen LogP contribution in [0.25, 0.3) is 0 Å². The summed E-state index contributed by atoms with van der Waals surface area (Å²) in [6, 6.07) is 0. The molecule has 2 rings (SSSR count). The molecule has 0 atom stereocenters. The van der Waals surface area contributed by atoms with Crippen LogP contribution in [0.3, 0.4) is 0 Å². The fraction of sp³-hybridized carbons (Fsp3) is 0.769. The van der Waals surface area contributed by atoms with E-state index < -0.39 is 0 Å². The Morgan fingerprint density at radius 1 is 1.44 bits per heavy atom. The Kier molecular flexibility index (Phi) is 5.01. The zero-order valence-electron chi connectivity index (χ0n) is 11.4. The highest BCUT2D eigenvalue weighted by Crippen LogP contribution is 2.19. The van der Waals surface area contributed by atoms with Crippen LogP contribution in [-0.2, 0) is 11.3 Å². The molecule has 1 N–H and O–H groups in total. The largest absolute Gasteiger partial charge is 0.383 e. The number of likely N-dealkylation sites (tertiary alicyclic amines) is 1. The van der Waals surface area contributed by atoms with Crippen molar-refractivity contribution in [2.45, 2.75) is 19.4 Å². The summed E-state index contributed by atoms with van der Waals surface area (Å²) in [6.45, 7) is 5.02. The summed E-state index contributed by atoms with van der Waals surface area (Å²) >= 11 is 0. The van der Waals surface area contributed by atoms with E-state index in [0.717, 1.165) is 25.0 Å². The lowest BCUT2D eigenvalue weighted by atomic mass is 9.97. The first-order valence-corrected chi connectivity index (χ1v) is 6.72. The van der Waals surface area contributed by atoms with Gasteiger partial charge in [-0.1, -0.05) is 0 Å². The van der Waals surface area contributed by atoms with E-state index in [1.165, 1.54) is 25.9 Å². The van der Waals surface area contributed by atoms with Gasteiger partial charge < -0.3 is 19.5 Å². The first-order valence-electron chi connectivity index (χ1n) is 6.72. The van der Waals surface area contributed by atoms with E-state index in [1.54, 1.807) is 7.11 Å². The number of rotatable bonds is 6. The third-order valence-corrected chi connectivity index (χ3v) is 3.60. The first-order chi connectivity index (χ1) is 8.79. The molecule has 2 heterocycles. The topological polar surface area (TPSA) is 42.3 Å². The van der Waals surface area contributed by atoms with Crippen molar-refractivity contribution in [1.82, 2.24) is 14.5 Å². The van der Waals surface area contributed by atoms with Gasteiger partial charge in [-0.25, -0.2) is 4.98 Å². The Balaban J connectivity index is 1.83. The van der Waals surface area contributed by atoms with E-state index >= 15 is 0 Å². The number of hydrogen-bond acceptors (Lipinski definition) is 4. The molecule has 0 amide bonds. The predicted octanol–water partition coefficient (Wildman–Crippen LogP) is 1.28. The van der Waals surface area contributed by atoms with Gasteiger partial charge in [0.05, 0.1) is 6.61 Å². The van der Waals surface area contributed by atoms with Crippen molar-refractivity contribution in [3.05, 3.63) is 12.4 Å². The minimum atomic E-state index is 0.709. The Bertz CT molecular complexity index is 345. The number of aromatic nitrogens is 2. The van der Waals surface area contributed by atoms with Crippen molar-refractivity contribution in [2.75, 3.05) is 45.7 Å². The molecule has 0 spiro atoms. The summed E-state index contributed by atoms with van der Waals surface area (Å²) in [7, 11) is 3.91. The number of methoxy groups -OCH3 is 1. The van der Waals surface area contributed by atoms with Gasteiger partial charge in [-0.2, -0.15) is 0 Å². The van der Waals surface area contributed by atoms with E-state index in [4.69, 9.17) is 4.74 Å². The first kappa shape index (κ1) is 13.4. The van der Waals surface area contributed by atoms with Crippen LogP contribution in [0.1, 0.15) is 12.8 Å². The second-order valence-electron chi connectivity index (χ2n) is 5.07. The highest BCUT2D eigenvalue weighted by atomic mass is 16.5. The molecule has 1 aliphatic rings. The molecule has 0 aromatic carbocycles. The van der Waals surface area contributed by atoms with Crippen LogP contribution in [-0.4, -0.2) is 54.8 Å². The number of imidazole rings is 1. The maximum atomic E-state index is 5.04. The molecule has 0 saturated carbocycles. The van der Waals surface area contributed by atoms with Gasteiger partial charge in [-0.15, -0.1) is 0 Å². The molecular weight excluding hydrogens is 228 g/mol. The number of hydrogen-bond donors (Lipinski definition) is 1. The van der Waals surface area contributed by atoms with E-state index in [0.29, 0.717) is 6.61 Å². The molecule has 5 heteroatoms. The summed E-state index contributed by atoms with van der Waals surface area (Å²) in [5.41, 5.74) is 0. The van der Waals surface area contributed by atoms with Crippen molar-refractivity contribution in [3.63, 3.8) is 0 Å². The van der Waals surface area contributed by atoms with Gasteiger partial charge in [0.2, 0.25) is 5.95 Å². The highest BCUT2D eigenvalue weighted by Gasteiger charge is 2.17. The zero-order valence-corrected chi connectivity index (χ0v) is 11.4. The minimum absolute atomic E-state index is 0.709. The quantitative estimate of drug-likeness (QED) is 0.775. The van der Waals surface area contributed by atoms with Gasteiger partial charge in [-0.05, 0) is 38.9 Å². The Morgan fingerprint density at radius 2 is 2.22 bits per heavy atom. The Labute approximate surface area is 109 Å². The number of ether oxygens (including phenoxy) is 1. The molecule has 0 aliphatic carbocycles. The lowest BCUT2D eigenvalue weighted by Crippen LogP contribution is -2.32. The minimum Gasteiger partial charge on any atom is -0.383 e. The van der Waals surface area contributed by atoms with Crippen molar-refractivity contribution < 1.29 is 4.74 Å². The maximum absolute atomic E-state index is 5.04. The van der Waals surface area contributed by atoms with Crippen molar-refractivity contribution in [1.29, 1.82) is 0 Å². The average molecular weight is 252 g/mol. The van der Waals surface area contributed by atoms with Gasteiger partial charge in [0.15, 0.2) is 0 Å². The third kappa shape index (κ3) is 3.71. The van der Waals surface area contributed by atoms with E-state index in [-0.39, 0.29) is 0 Å². The van der Waals surface area contributed by atoms with Crippen LogP contribution in [0, 0.1) is 5.92 Å². The lowest BCUT2D eigenvalue weighted by Gasteiger charge is -2.29. The Hall–Kier alpha value is -1.07. The molecule has 0 radical (unpaired) electrons. The molecule has 0 unspecified atom stereocenters. The lowest BCUT2D eigenvalue weighted by molar-refractivity contribution is 0.204. The molecule has 1 saturated heterocycles. The van der Waals surface area contributed by atoms with Crippen LogP contribution in [0.2, 0.25) is 0 Å². The van der Waals surface area contributed by atoms with Crippen molar-refractivity contribution in [2.24, 2.45) is 5.92 Å². The molecule has 1 aromatic rings.